The smallest absolute Gasteiger partial charge is 0.231 e. The maximum absolute atomic E-state index is 13.2. The van der Waals surface area contributed by atoms with Crippen LogP contribution in [0.1, 0.15) is 59.2 Å². The Kier molecular flexibility index (Phi) is 5.52. The molecule has 0 aromatic heterocycles. The van der Waals surface area contributed by atoms with E-state index in [9.17, 15) is 4.79 Å². The standard InChI is InChI=1S/C25H26BrNO4/c1-15-24-17(13-27(14-30-24)19-6-4-3-5-7-19)11-20-23(28)22(31-25(15)20)12-16-10-18(26)8-9-21(16)29-2/h8-12,19H,3-7,13-14H2,1-2H3/b22-12-. The third-order valence-electron chi connectivity index (χ3n) is 6.53. The number of hydrogen-bond acceptors (Lipinski definition) is 5. The fourth-order valence-electron chi connectivity index (χ4n) is 4.91. The second-order valence-electron chi connectivity index (χ2n) is 8.50. The number of ketones is 1. The van der Waals surface area contributed by atoms with Crippen LogP contribution in [-0.4, -0.2) is 30.6 Å². The summed E-state index contributed by atoms with van der Waals surface area (Å²) in [6, 6.07) is 8.21. The Bertz CT molecular complexity index is 1070. The Balaban J connectivity index is 1.46. The minimum absolute atomic E-state index is 0.0993. The second kappa shape index (κ2) is 8.32. The van der Waals surface area contributed by atoms with Gasteiger partial charge in [0.15, 0.2) is 5.76 Å². The van der Waals surface area contributed by atoms with Crippen molar-refractivity contribution in [2.24, 2.45) is 0 Å². The van der Waals surface area contributed by atoms with E-state index in [1.807, 2.05) is 31.2 Å². The number of Topliss-reactive ketones (excluding diaryl/α,β-unsaturated/α-hetero) is 1. The van der Waals surface area contributed by atoms with Crippen molar-refractivity contribution in [1.29, 1.82) is 0 Å². The van der Waals surface area contributed by atoms with Gasteiger partial charge in [-0.1, -0.05) is 35.2 Å². The average Bonchev–Trinajstić information content (AvgIpc) is 3.10. The van der Waals surface area contributed by atoms with Gasteiger partial charge in [0, 0.05) is 33.7 Å². The number of benzene rings is 2. The van der Waals surface area contributed by atoms with Gasteiger partial charge in [-0.15, -0.1) is 0 Å². The van der Waals surface area contributed by atoms with Gasteiger partial charge in [-0.3, -0.25) is 9.69 Å². The Morgan fingerprint density at radius 1 is 1.16 bits per heavy atom. The fraction of sp³-hybridized carbons (Fsp3) is 0.400. The second-order valence-corrected chi connectivity index (χ2v) is 9.42. The van der Waals surface area contributed by atoms with Gasteiger partial charge >= 0.3 is 0 Å². The molecule has 2 aliphatic heterocycles. The van der Waals surface area contributed by atoms with Crippen LogP contribution in [-0.2, 0) is 6.54 Å². The SMILES string of the molecule is COc1ccc(Br)cc1/C=C1\Oc2c(cc3c(c2C)OCN(C2CCCCC2)C3)C1=O. The lowest BCUT2D eigenvalue weighted by Crippen LogP contribution is -2.41. The quantitative estimate of drug-likeness (QED) is 0.511. The fourth-order valence-corrected chi connectivity index (χ4v) is 5.28. The zero-order valence-electron chi connectivity index (χ0n) is 17.9. The van der Waals surface area contributed by atoms with E-state index in [1.165, 1.54) is 32.1 Å². The Morgan fingerprint density at radius 3 is 2.74 bits per heavy atom. The predicted molar refractivity (Wildman–Crippen MR) is 123 cm³/mol. The molecular weight excluding hydrogens is 458 g/mol. The van der Waals surface area contributed by atoms with Crippen LogP contribution < -0.4 is 14.2 Å². The van der Waals surface area contributed by atoms with E-state index in [0.717, 1.165) is 33.5 Å². The van der Waals surface area contributed by atoms with Gasteiger partial charge in [0.25, 0.3) is 0 Å². The summed E-state index contributed by atoms with van der Waals surface area (Å²) in [5.41, 5.74) is 3.38. The summed E-state index contributed by atoms with van der Waals surface area (Å²) < 4.78 is 18.6. The van der Waals surface area contributed by atoms with Crippen molar-refractivity contribution in [2.75, 3.05) is 13.8 Å². The molecule has 0 spiro atoms. The van der Waals surface area contributed by atoms with Crippen molar-refractivity contribution in [2.45, 2.75) is 51.6 Å². The molecule has 162 valence electrons. The van der Waals surface area contributed by atoms with E-state index >= 15 is 0 Å². The molecule has 0 N–H and O–H groups in total. The number of carbonyl (C=O) groups is 1. The topological polar surface area (TPSA) is 48.0 Å². The van der Waals surface area contributed by atoms with Gasteiger partial charge in [0.2, 0.25) is 5.78 Å². The van der Waals surface area contributed by atoms with Crippen LogP contribution in [0.25, 0.3) is 6.08 Å². The normalized spacial score (nSPS) is 20.2. The van der Waals surface area contributed by atoms with Crippen molar-refractivity contribution in [3.8, 4) is 17.2 Å². The number of fused-ring (bicyclic) bond motifs is 2. The molecule has 2 aromatic carbocycles. The van der Waals surface area contributed by atoms with Crippen molar-refractivity contribution in [1.82, 2.24) is 4.90 Å². The first kappa shape index (κ1) is 20.6. The molecule has 5 nitrogen and oxygen atoms in total. The molecule has 5 rings (SSSR count). The summed E-state index contributed by atoms with van der Waals surface area (Å²) in [6.07, 6.45) is 8.11. The van der Waals surface area contributed by atoms with E-state index in [-0.39, 0.29) is 5.78 Å². The van der Waals surface area contributed by atoms with Crippen LogP contribution in [0, 0.1) is 6.92 Å². The summed E-state index contributed by atoms with van der Waals surface area (Å²) in [5, 5.41) is 0. The highest BCUT2D eigenvalue weighted by Gasteiger charge is 2.35. The zero-order valence-corrected chi connectivity index (χ0v) is 19.5. The van der Waals surface area contributed by atoms with Crippen LogP contribution in [0.2, 0.25) is 0 Å². The average molecular weight is 484 g/mol. The lowest BCUT2D eigenvalue weighted by molar-refractivity contribution is 0.0397. The van der Waals surface area contributed by atoms with Crippen molar-refractivity contribution in [3.63, 3.8) is 0 Å². The Hall–Kier alpha value is -2.31. The maximum Gasteiger partial charge on any atom is 0.231 e. The summed E-state index contributed by atoms with van der Waals surface area (Å²) >= 11 is 3.48. The van der Waals surface area contributed by atoms with Gasteiger partial charge in [-0.05, 0) is 50.1 Å². The van der Waals surface area contributed by atoms with E-state index in [2.05, 4.69) is 20.8 Å². The molecule has 0 atom stereocenters. The first-order valence-electron chi connectivity index (χ1n) is 10.9. The molecule has 0 saturated heterocycles. The minimum atomic E-state index is -0.0993. The number of halogens is 1. The van der Waals surface area contributed by atoms with E-state index < -0.39 is 0 Å². The number of carbonyl (C=O) groups excluding carboxylic acids is 1. The molecule has 0 radical (unpaired) electrons. The lowest BCUT2D eigenvalue weighted by atomic mass is 9.93. The first-order chi connectivity index (χ1) is 15.0. The van der Waals surface area contributed by atoms with Gasteiger partial charge < -0.3 is 14.2 Å². The number of rotatable bonds is 3. The van der Waals surface area contributed by atoms with E-state index in [1.54, 1.807) is 13.2 Å². The molecule has 2 heterocycles. The van der Waals surface area contributed by atoms with Gasteiger partial charge in [-0.2, -0.15) is 0 Å². The van der Waals surface area contributed by atoms with Crippen molar-refractivity contribution in [3.05, 3.63) is 56.8 Å². The minimum Gasteiger partial charge on any atom is -0.496 e. The molecule has 2 aromatic rings. The van der Waals surface area contributed by atoms with E-state index in [4.69, 9.17) is 14.2 Å². The summed E-state index contributed by atoms with van der Waals surface area (Å²) in [7, 11) is 1.62. The van der Waals surface area contributed by atoms with E-state index in [0.29, 0.717) is 35.6 Å². The summed E-state index contributed by atoms with van der Waals surface area (Å²) in [6.45, 7) is 3.40. The van der Waals surface area contributed by atoms with Crippen LogP contribution in [0.15, 0.2) is 34.5 Å². The summed E-state index contributed by atoms with van der Waals surface area (Å²) in [5.74, 6) is 2.36. The number of allylic oxidation sites excluding steroid dienone is 1. The zero-order chi connectivity index (χ0) is 21.5. The van der Waals surface area contributed by atoms with Gasteiger partial charge in [-0.25, -0.2) is 0 Å². The van der Waals surface area contributed by atoms with Gasteiger partial charge in [0.1, 0.15) is 24.0 Å². The molecule has 6 heteroatoms. The molecule has 0 bridgehead atoms. The molecule has 0 unspecified atom stereocenters. The van der Waals surface area contributed by atoms with Crippen LogP contribution in [0.3, 0.4) is 0 Å². The maximum atomic E-state index is 13.2. The molecule has 1 fully saturated rings. The Labute approximate surface area is 191 Å². The highest BCUT2D eigenvalue weighted by atomic mass is 79.9. The highest BCUT2D eigenvalue weighted by molar-refractivity contribution is 9.10. The number of hydrogen-bond donors (Lipinski definition) is 0. The van der Waals surface area contributed by atoms with Crippen LogP contribution >= 0.6 is 15.9 Å². The number of ether oxygens (including phenoxy) is 3. The molecule has 3 aliphatic rings. The third-order valence-corrected chi connectivity index (χ3v) is 7.03. The monoisotopic (exact) mass is 483 g/mol. The van der Waals surface area contributed by atoms with Crippen LogP contribution in [0.4, 0.5) is 0 Å². The predicted octanol–water partition coefficient (Wildman–Crippen LogP) is 5.87. The molecule has 31 heavy (non-hydrogen) atoms. The first-order valence-corrected chi connectivity index (χ1v) is 11.7. The lowest BCUT2D eigenvalue weighted by Gasteiger charge is -2.37. The largest absolute Gasteiger partial charge is 0.496 e. The number of methoxy groups -OCH3 is 1. The summed E-state index contributed by atoms with van der Waals surface area (Å²) in [4.78, 5) is 15.6. The third kappa shape index (κ3) is 3.76. The van der Waals surface area contributed by atoms with Crippen molar-refractivity contribution < 1.29 is 19.0 Å². The molecule has 0 amide bonds. The highest BCUT2D eigenvalue weighted by Crippen LogP contribution is 2.44. The molecule has 1 aliphatic carbocycles. The van der Waals surface area contributed by atoms with Gasteiger partial charge in [0.05, 0.1) is 12.7 Å². The molecule has 1 saturated carbocycles. The van der Waals surface area contributed by atoms with Crippen molar-refractivity contribution >= 4 is 27.8 Å². The number of nitrogens with zero attached hydrogens (tertiary/aromatic N) is 1. The molecular formula is C25H26BrNO4. The Morgan fingerprint density at radius 2 is 1.97 bits per heavy atom. The van der Waals surface area contributed by atoms with Crippen LogP contribution in [0.5, 0.6) is 17.2 Å².